The van der Waals surface area contributed by atoms with E-state index in [2.05, 4.69) is 26.2 Å². The van der Waals surface area contributed by atoms with E-state index in [0.717, 1.165) is 9.78 Å². The molecule has 1 fully saturated rings. The Bertz CT molecular complexity index is 1290. The summed E-state index contributed by atoms with van der Waals surface area (Å²) in [5, 5.41) is 16.7. The van der Waals surface area contributed by atoms with E-state index in [4.69, 9.17) is 4.74 Å². The second-order valence-electron chi connectivity index (χ2n) is 7.83. The number of amides is 4. The van der Waals surface area contributed by atoms with Gasteiger partial charge in [-0.15, -0.1) is 16.4 Å². The molecule has 4 rings (SSSR count). The number of carbonyl (C=O) groups is 4. The fraction of sp³-hybridized carbons (Fsp3) is 0.318. The summed E-state index contributed by atoms with van der Waals surface area (Å²) in [6, 6.07) is 7.81. The number of carbonyl (C=O) groups excluding carboxylic acids is 4. The summed E-state index contributed by atoms with van der Waals surface area (Å²) in [6.07, 6.45) is 2.08. The summed E-state index contributed by atoms with van der Waals surface area (Å²) in [4.78, 5) is 52.8. The van der Waals surface area contributed by atoms with Gasteiger partial charge in [-0.05, 0) is 54.5 Å². The Labute approximate surface area is 204 Å². The lowest BCUT2D eigenvalue weighted by Crippen LogP contribution is -2.42. The highest BCUT2D eigenvalue weighted by molar-refractivity contribution is 7.16. The van der Waals surface area contributed by atoms with Gasteiger partial charge in [0.1, 0.15) is 23.4 Å². The van der Waals surface area contributed by atoms with Crippen molar-refractivity contribution in [1.29, 1.82) is 0 Å². The van der Waals surface area contributed by atoms with Gasteiger partial charge in [0.05, 0.1) is 17.9 Å². The number of imide groups is 1. The smallest absolute Gasteiger partial charge is 0.341 e. The van der Waals surface area contributed by atoms with E-state index < -0.39 is 35.9 Å². The number of anilines is 1. The topological polar surface area (TPSA) is 148 Å². The quantitative estimate of drug-likeness (QED) is 0.354. The molecule has 0 unspecified atom stereocenters. The van der Waals surface area contributed by atoms with E-state index in [1.807, 2.05) is 6.92 Å². The molecular weight excluding hydrogens is 474 g/mol. The first-order valence-electron chi connectivity index (χ1n) is 10.8. The molecule has 1 aliphatic heterocycles. The molecule has 13 heteroatoms. The molecule has 1 atom stereocenters. The lowest BCUT2D eigenvalue weighted by molar-refractivity contribution is -0.133. The van der Waals surface area contributed by atoms with Crippen molar-refractivity contribution in [1.82, 2.24) is 30.4 Å². The first-order valence-corrected chi connectivity index (χ1v) is 11.7. The third-order valence-electron chi connectivity index (χ3n) is 5.49. The maximum absolute atomic E-state index is 13.3. The number of aromatic nitrogens is 4. The number of benzene rings is 1. The van der Waals surface area contributed by atoms with Crippen LogP contribution in [0, 0.1) is 0 Å². The molecule has 0 spiro atoms. The number of nitrogens with zero attached hydrogens (tertiary/aromatic N) is 5. The van der Waals surface area contributed by atoms with Gasteiger partial charge in [-0.2, -0.15) is 0 Å². The average molecular weight is 498 g/mol. The molecule has 0 radical (unpaired) electrons. The number of aryl methyl sites for hydroxylation is 1. The Morgan fingerprint density at radius 1 is 1.23 bits per heavy atom. The zero-order valence-electron chi connectivity index (χ0n) is 19.3. The predicted molar refractivity (Wildman–Crippen MR) is 125 cm³/mol. The van der Waals surface area contributed by atoms with Crippen molar-refractivity contribution in [3.63, 3.8) is 0 Å². The minimum absolute atomic E-state index is 0.194. The van der Waals surface area contributed by atoms with E-state index >= 15 is 0 Å². The van der Waals surface area contributed by atoms with Crippen molar-refractivity contribution >= 4 is 40.2 Å². The largest absolute Gasteiger partial charge is 0.462 e. The zero-order valence-corrected chi connectivity index (χ0v) is 20.1. The molecule has 35 heavy (non-hydrogen) atoms. The number of esters is 1. The van der Waals surface area contributed by atoms with Crippen LogP contribution in [0.1, 0.15) is 41.6 Å². The minimum Gasteiger partial charge on any atom is -0.462 e. The number of hydrogen-bond donors (Lipinski definition) is 2. The lowest BCUT2D eigenvalue weighted by atomic mass is 9.91. The molecule has 0 aliphatic carbocycles. The van der Waals surface area contributed by atoms with Gasteiger partial charge < -0.3 is 15.4 Å². The number of rotatable bonds is 8. The van der Waals surface area contributed by atoms with Crippen LogP contribution in [0.3, 0.4) is 0 Å². The van der Waals surface area contributed by atoms with Gasteiger partial charge in [-0.25, -0.2) is 14.3 Å². The standard InChI is InChI=1S/C22H23N7O5S/c1-4-15-10-16(19(31)34-5-2)18(35-15)24-17(30)11-28-20(32)22(3,25-21(28)33)13-7-6-8-14(9-13)29-12-23-26-27-29/h6-10,12H,4-5,11H2,1-3H3,(H,24,30)(H,25,33)/t22-/m1/s1. The first kappa shape index (κ1) is 24.0. The third kappa shape index (κ3) is 4.62. The zero-order chi connectivity index (χ0) is 25.2. The molecule has 2 aromatic heterocycles. The number of urea groups is 1. The van der Waals surface area contributed by atoms with Crippen molar-refractivity contribution < 1.29 is 23.9 Å². The van der Waals surface area contributed by atoms with Crippen LogP contribution in [0.25, 0.3) is 5.69 Å². The molecule has 12 nitrogen and oxygen atoms in total. The molecule has 0 bridgehead atoms. The fourth-order valence-electron chi connectivity index (χ4n) is 3.65. The SMILES string of the molecule is CCOC(=O)c1cc(CC)sc1NC(=O)CN1C(=O)N[C@](C)(c2cccc(-n3cnnn3)c2)C1=O. The van der Waals surface area contributed by atoms with Gasteiger partial charge in [-0.3, -0.25) is 14.5 Å². The molecule has 1 aromatic carbocycles. The van der Waals surface area contributed by atoms with Crippen molar-refractivity contribution in [2.45, 2.75) is 32.7 Å². The molecule has 1 aliphatic rings. The molecule has 3 aromatic rings. The lowest BCUT2D eigenvalue weighted by Gasteiger charge is -2.22. The van der Waals surface area contributed by atoms with Gasteiger partial charge in [-0.1, -0.05) is 19.1 Å². The van der Waals surface area contributed by atoms with Gasteiger partial charge in [0, 0.05) is 4.88 Å². The predicted octanol–water partition coefficient (Wildman–Crippen LogP) is 1.87. The van der Waals surface area contributed by atoms with Crippen molar-refractivity contribution in [2.75, 3.05) is 18.5 Å². The summed E-state index contributed by atoms with van der Waals surface area (Å²) in [7, 11) is 0. The van der Waals surface area contributed by atoms with Crippen molar-refractivity contribution in [3.05, 3.63) is 52.7 Å². The van der Waals surface area contributed by atoms with Crippen LogP contribution in [-0.2, 0) is 26.3 Å². The summed E-state index contributed by atoms with van der Waals surface area (Å²) >= 11 is 1.24. The number of tetrazole rings is 1. The molecule has 3 heterocycles. The number of hydrogen-bond acceptors (Lipinski definition) is 9. The molecule has 4 amide bonds. The third-order valence-corrected chi connectivity index (χ3v) is 6.69. The first-order chi connectivity index (χ1) is 16.8. The van der Waals surface area contributed by atoms with E-state index in [-0.39, 0.29) is 12.2 Å². The number of thiophene rings is 1. The van der Waals surface area contributed by atoms with Crippen molar-refractivity contribution in [2.24, 2.45) is 0 Å². The number of nitrogens with one attached hydrogen (secondary N) is 2. The number of ether oxygens (including phenoxy) is 1. The Balaban J connectivity index is 1.52. The molecular formula is C22H23N7O5S. The Morgan fingerprint density at radius 3 is 2.71 bits per heavy atom. The molecule has 0 saturated carbocycles. The molecule has 1 saturated heterocycles. The van der Waals surface area contributed by atoms with Crippen molar-refractivity contribution in [3.8, 4) is 5.69 Å². The van der Waals surface area contributed by atoms with Gasteiger partial charge in [0.2, 0.25) is 5.91 Å². The maximum atomic E-state index is 13.3. The van der Waals surface area contributed by atoms with Crippen LogP contribution in [0.15, 0.2) is 36.7 Å². The van der Waals surface area contributed by atoms with Crippen LogP contribution in [0.5, 0.6) is 0 Å². The molecule has 182 valence electrons. The van der Waals surface area contributed by atoms with E-state index in [1.165, 1.54) is 22.3 Å². The molecule has 2 N–H and O–H groups in total. The van der Waals surface area contributed by atoms with Crippen LogP contribution < -0.4 is 10.6 Å². The minimum atomic E-state index is -1.39. The van der Waals surface area contributed by atoms with Crippen LogP contribution in [-0.4, -0.2) is 62.1 Å². The second kappa shape index (κ2) is 9.62. The van der Waals surface area contributed by atoms with Gasteiger partial charge in [0.15, 0.2) is 0 Å². The van der Waals surface area contributed by atoms with Crippen LogP contribution >= 0.6 is 11.3 Å². The van der Waals surface area contributed by atoms with E-state index in [1.54, 1.807) is 44.2 Å². The summed E-state index contributed by atoms with van der Waals surface area (Å²) < 4.78 is 6.48. The van der Waals surface area contributed by atoms with Gasteiger partial charge >= 0.3 is 12.0 Å². The van der Waals surface area contributed by atoms with E-state index in [0.29, 0.717) is 22.7 Å². The summed E-state index contributed by atoms with van der Waals surface area (Å²) in [6.45, 7) is 4.86. The van der Waals surface area contributed by atoms with Crippen LogP contribution in [0.2, 0.25) is 0 Å². The van der Waals surface area contributed by atoms with Crippen LogP contribution in [0.4, 0.5) is 9.80 Å². The Morgan fingerprint density at radius 2 is 2.03 bits per heavy atom. The fourth-order valence-corrected chi connectivity index (χ4v) is 4.65. The second-order valence-corrected chi connectivity index (χ2v) is 8.97. The monoisotopic (exact) mass is 497 g/mol. The highest BCUT2D eigenvalue weighted by Gasteiger charge is 2.49. The highest BCUT2D eigenvalue weighted by atomic mass is 32.1. The Kier molecular flexibility index (Phi) is 6.60. The summed E-state index contributed by atoms with van der Waals surface area (Å²) in [5.41, 5.74) is -0.0518. The highest BCUT2D eigenvalue weighted by Crippen LogP contribution is 2.31. The van der Waals surface area contributed by atoms with Gasteiger partial charge in [0.25, 0.3) is 5.91 Å². The average Bonchev–Trinajstić information content (AvgIpc) is 3.56. The summed E-state index contributed by atoms with van der Waals surface area (Å²) in [5.74, 6) is -1.75. The van der Waals surface area contributed by atoms with E-state index in [9.17, 15) is 19.2 Å². The maximum Gasteiger partial charge on any atom is 0.341 e. The normalized spacial score (nSPS) is 17.4. The Hall–Kier alpha value is -4.13.